The molecule has 0 saturated heterocycles. The van der Waals surface area contributed by atoms with Crippen molar-refractivity contribution in [3.8, 4) is 11.8 Å². The molecule has 0 aromatic carbocycles. The highest BCUT2D eigenvalue weighted by atomic mass is 32.1. The minimum Gasteiger partial charge on any atom is -0.384 e. The van der Waals surface area contributed by atoms with Crippen LogP contribution in [-0.2, 0) is 4.79 Å². The summed E-state index contributed by atoms with van der Waals surface area (Å²) in [6.07, 6.45) is 0.241. The molecule has 1 rings (SSSR count). The van der Waals surface area contributed by atoms with Crippen molar-refractivity contribution in [1.29, 1.82) is 0 Å². The van der Waals surface area contributed by atoms with E-state index in [1.807, 2.05) is 0 Å². The fraction of sp³-hybridized carbons (Fsp3) is 0.333. The highest BCUT2D eigenvalue weighted by Crippen LogP contribution is 2.15. The minimum absolute atomic E-state index is 0.123. The third kappa shape index (κ3) is 4.20. The van der Waals surface area contributed by atoms with Crippen LogP contribution >= 0.6 is 11.3 Å². The second-order valence-corrected chi connectivity index (χ2v) is 4.22. The zero-order valence-electron chi connectivity index (χ0n) is 9.95. The Bertz CT molecular complexity index is 485. The number of amides is 2. The summed E-state index contributed by atoms with van der Waals surface area (Å²) in [4.78, 5) is 23.3. The van der Waals surface area contributed by atoms with Crippen molar-refractivity contribution >= 4 is 23.2 Å². The van der Waals surface area contributed by atoms with Gasteiger partial charge in [-0.3, -0.25) is 9.59 Å². The van der Waals surface area contributed by atoms with Crippen LogP contribution in [0.4, 0.5) is 0 Å². The van der Waals surface area contributed by atoms with Crippen LogP contribution in [0.15, 0.2) is 11.4 Å². The zero-order valence-corrected chi connectivity index (χ0v) is 10.8. The van der Waals surface area contributed by atoms with E-state index in [0.717, 1.165) is 0 Å². The molecule has 0 bridgehead atoms. The fourth-order valence-electron chi connectivity index (χ4n) is 1.21. The van der Waals surface area contributed by atoms with E-state index < -0.39 is 0 Å². The van der Waals surface area contributed by atoms with Crippen molar-refractivity contribution in [2.75, 3.05) is 20.2 Å². The summed E-state index contributed by atoms with van der Waals surface area (Å²) >= 11 is 1.28. The molecule has 18 heavy (non-hydrogen) atoms. The number of aliphatic hydroxyl groups is 1. The van der Waals surface area contributed by atoms with E-state index in [1.54, 1.807) is 18.5 Å². The number of carbonyl (C=O) groups excluding carboxylic acids is 2. The molecular weight excluding hydrogens is 252 g/mol. The molecule has 1 aromatic rings. The summed E-state index contributed by atoms with van der Waals surface area (Å²) in [6.45, 7) is 0.0385. The Hall–Kier alpha value is -1.84. The molecule has 0 unspecified atom stereocenters. The predicted octanol–water partition coefficient (Wildman–Crippen LogP) is -0.0422. The molecule has 3 N–H and O–H groups in total. The van der Waals surface area contributed by atoms with Gasteiger partial charge >= 0.3 is 0 Å². The summed E-state index contributed by atoms with van der Waals surface area (Å²) < 4.78 is 0. The summed E-state index contributed by atoms with van der Waals surface area (Å²) in [5.74, 6) is 4.83. The molecule has 0 saturated carbocycles. The number of hydrogen-bond donors (Lipinski definition) is 3. The molecule has 0 aliphatic heterocycles. The van der Waals surface area contributed by atoms with Gasteiger partial charge in [-0.25, -0.2) is 0 Å². The molecule has 0 atom stereocenters. The molecule has 0 radical (unpaired) electrons. The Kier molecular flexibility index (Phi) is 5.91. The van der Waals surface area contributed by atoms with Crippen molar-refractivity contribution in [3.05, 3.63) is 21.9 Å². The number of rotatable bonds is 4. The van der Waals surface area contributed by atoms with Crippen LogP contribution in [0.1, 0.15) is 21.7 Å². The fourth-order valence-corrected chi connectivity index (χ4v) is 1.98. The molecule has 2 amide bonds. The van der Waals surface area contributed by atoms with Gasteiger partial charge in [0, 0.05) is 25.6 Å². The summed E-state index contributed by atoms with van der Waals surface area (Å²) in [5, 5.41) is 15.5. The van der Waals surface area contributed by atoms with E-state index in [2.05, 4.69) is 22.5 Å². The van der Waals surface area contributed by atoms with Gasteiger partial charge in [-0.1, -0.05) is 11.8 Å². The van der Waals surface area contributed by atoms with E-state index >= 15 is 0 Å². The summed E-state index contributed by atoms with van der Waals surface area (Å²) in [5.41, 5.74) is 0.589. The van der Waals surface area contributed by atoms with Gasteiger partial charge < -0.3 is 15.7 Å². The standard InChI is InChI=1S/C12H14N2O3S/c1-13-10(16)4-6-14-12(17)11-9(3-2-7-15)5-8-18-11/h5,8,15H,4,6-7H2,1H3,(H,13,16)(H,14,17). The smallest absolute Gasteiger partial charge is 0.262 e. The molecule has 1 heterocycles. The van der Waals surface area contributed by atoms with E-state index in [1.165, 1.54) is 11.3 Å². The van der Waals surface area contributed by atoms with Crippen molar-refractivity contribution in [2.24, 2.45) is 0 Å². The van der Waals surface area contributed by atoms with E-state index in [0.29, 0.717) is 10.4 Å². The van der Waals surface area contributed by atoms with Gasteiger partial charge in [0.1, 0.15) is 11.5 Å². The van der Waals surface area contributed by atoms with Crippen LogP contribution in [0.5, 0.6) is 0 Å². The Labute approximate surface area is 109 Å². The van der Waals surface area contributed by atoms with Gasteiger partial charge in [0.2, 0.25) is 5.91 Å². The number of aliphatic hydroxyl groups excluding tert-OH is 1. The van der Waals surface area contributed by atoms with Gasteiger partial charge in [0.25, 0.3) is 5.91 Å². The summed E-state index contributed by atoms with van der Waals surface area (Å²) in [7, 11) is 1.55. The molecule has 6 heteroatoms. The monoisotopic (exact) mass is 266 g/mol. The molecule has 1 aromatic heterocycles. The van der Waals surface area contributed by atoms with Gasteiger partial charge in [0.15, 0.2) is 0 Å². The Morgan fingerprint density at radius 2 is 2.28 bits per heavy atom. The molecule has 96 valence electrons. The lowest BCUT2D eigenvalue weighted by Crippen LogP contribution is -2.29. The van der Waals surface area contributed by atoms with Crippen LogP contribution in [-0.4, -0.2) is 37.1 Å². The first kappa shape index (κ1) is 14.2. The summed E-state index contributed by atoms with van der Waals surface area (Å²) in [6, 6.07) is 1.72. The lowest BCUT2D eigenvalue weighted by Gasteiger charge is -2.03. The van der Waals surface area contributed by atoms with Crippen LogP contribution < -0.4 is 10.6 Å². The van der Waals surface area contributed by atoms with E-state index in [4.69, 9.17) is 5.11 Å². The van der Waals surface area contributed by atoms with Crippen molar-refractivity contribution < 1.29 is 14.7 Å². The molecule has 0 aliphatic rings. The average molecular weight is 266 g/mol. The maximum Gasteiger partial charge on any atom is 0.262 e. The third-order valence-corrected chi connectivity index (χ3v) is 3.00. The lowest BCUT2D eigenvalue weighted by molar-refractivity contribution is -0.120. The number of hydrogen-bond acceptors (Lipinski definition) is 4. The number of nitrogens with one attached hydrogen (secondary N) is 2. The Balaban J connectivity index is 2.56. The first-order valence-corrected chi connectivity index (χ1v) is 6.23. The zero-order chi connectivity index (χ0) is 13.4. The van der Waals surface area contributed by atoms with Crippen LogP contribution in [0, 0.1) is 11.8 Å². The van der Waals surface area contributed by atoms with Crippen molar-refractivity contribution in [1.82, 2.24) is 10.6 Å². The first-order valence-electron chi connectivity index (χ1n) is 5.35. The molecular formula is C12H14N2O3S. The highest BCUT2D eigenvalue weighted by molar-refractivity contribution is 7.12. The van der Waals surface area contributed by atoms with E-state index in [-0.39, 0.29) is 31.4 Å². The van der Waals surface area contributed by atoms with Gasteiger partial charge in [0.05, 0.1) is 0 Å². The Morgan fingerprint density at radius 3 is 2.94 bits per heavy atom. The topological polar surface area (TPSA) is 78.4 Å². The highest BCUT2D eigenvalue weighted by Gasteiger charge is 2.11. The third-order valence-electron chi connectivity index (χ3n) is 2.09. The number of thiophene rings is 1. The van der Waals surface area contributed by atoms with Crippen LogP contribution in [0.2, 0.25) is 0 Å². The average Bonchev–Trinajstić information content (AvgIpc) is 2.84. The normalized spacial score (nSPS) is 9.22. The first-order chi connectivity index (χ1) is 8.69. The molecule has 0 aliphatic carbocycles. The molecule has 0 fully saturated rings. The molecule has 0 spiro atoms. The van der Waals surface area contributed by atoms with E-state index in [9.17, 15) is 9.59 Å². The minimum atomic E-state index is -0.254. The maximum absolute atomic E-state index is 11.8. The number of carbonyl (C=O) groups is 2. The Morgan fingerprint density at radius 1 is 1.50 bits per heavy atom. The quantitative estimate of drug-likeness (QED) is 0.669. The predicted molar refractivity (Wildman–Crippen MR) is 69.3 cm³/mol. The van der Waals surface area contributed by atoms with Crippen LogP contribution in [0.25, 0.3) is 0 Å². The maximum atomic E-state index is 11.8. The lowest BCUT2D eigenvalue weighted by atomic mass is 10.2. The second-order valence-electron chi connectivity index (χ2n) is 3.30. The molecule has 5 nitrogen and oxygen atoms in total. The largest absolute Gasteiger partial charge is 0.384 e. The van der Waals surface area contributed by atoms with Gasteiger partial charge in [-0.05, 0) is 11.4 Å². The van der Waals surface area contributed by atoms with Crippen molar-refractivity contribution in [2.45, 2.75) is 6.42 Å². The van der Waals surface area contributed by atoms with Crippen LogP contribution in [0.3, 0.4) is 0 Å². The van der Waals surface area contributed by atoms with Gasteiger partial charge in [-0.2, -0.15) is 0 Å². The second kappa shape index (κ2) is 7.48. The van der Waals surface area contributed by atoms with Gasteiger partial charge in [-0.15, -0.1) is 11.3 Å². The SMILES string of the molecule is CNC(=O)CCNC(=O)c1sccc1C#CCO. The van der Waals surface area contributed by atoms with Crippen molar-refractivity contribution in [3.63, 3.8) is 0 Å².